The number of urea groups is 1. The van der Waals surface area contributed by atoms with Crippen LogP contribution in [0.3, 0.4) is 0 Å². The Kier molecular flexibility index (Phi) is 22.1. The van der Waals surface area contributed by atoms with Crippen molar-refractivity contribution in [1.29, 1.82) is 0 Å². The van der Waals surface area contributed by atoms with Crippen molar-refractivity contribution in [1.82, 2.24) is 16.0 Å². The molecule has 2 heterocycles. The quantitative estimate of drug-likeness (QED) is 0.0502. The molecule has 2 fully saturated rings. The van der Waals surface area contributed by atoms with E-state index in [1.807, 2.05) is 11.8 Å². The van der Waals surface area contributed by atoms with Gasteiger partial charge in [0.2, 0.25) is 5.91 Å². The highest BCUT2D eigenvalue weighted by molar-refractivity contribution is 8.00. The van der Waals surface area contributed by atoms with Crippen LogP contribution in [0.1, 0.15) is 25.7 Å². The van der Waals surface area contributed by atoms with Gasteiger partial charge in [0.25, 0.3) is 0 Å². The Hall–Kier alpha value is -1.27. The van der Waals surface area contributed by atoms with Gasteiger partial charge < -0.3 is 53.9 Å². The fourth-order valence-corrected chi connectivity index (χ4v) is 5.70. The van der Waals surface area contributed by atoms with Gasteiger partial charge in [0.05, 0.1) is 111 Å². The highest BCUT2D eigenvalue weighted by Gasteiger charge is 2.42. The van der Waals surface area contributed by atoms with E-state index in [0.29, 0.717) is 117 Å². The molecule has 41 heavy (non-hydrogen) atoms. The van der Waals surface area contributed by atoms with E-state index in [9.17, 15) is 9.59 Å². The fraction of sp³-hybridized carbons (Fsp3) is 0.923. The van der Waals surface area contributed by atoms with Crippen molar-refractivity contribution in [3.63, 3.8) is 0 Å². The molecule has 15 heteroatoms. The predicted molar refractivity (Wildman–Crippen MR) is 153 cm³/mol. The predicted octanol–water partition coefficient (Wildman–Crippen LogP) is -0.165. The van der Waals surface area contributed by atoms with Gasteiger partial charge in [0.1, 0.15) is 0 Å². The molecular formula is C26H50N4O10S. The summed E-state index contributed by atoms with van der Waals surface area (Å²) in [4.78, 5) is 27.8. The first-order chi connectivity index (χ1) is 20.2. The van der Waals surface area contributed by atoms with Crippen LogP contribution in [0, 0.1) is 0 Å². The lowest BCUT2D eigenvalue weighted by Crippen LogP contribution is -2.36. The minimum Gasteiger partial charge on any atom is -0.377 e. The summed E-state index contributed by atoms with van der Waals surface area (Å²) < 4.78 is 37.8. The molecule has 0 aromatic rings. The van der Waals surface area contributed by atoms with Crippen LogP contribution in [-0.4, -0.2) is 141 Å². The smallest absolute Gasteiger partial charge is 0.315 e. The number of amides is 3. The zero-order chi connectivity index (χ0) is 29.2. The second-order valence-electron chi connectivity index (χ2n) is 9.37. The number of nitrogens with one attached hydrogen (secondary N) is 3. The third kappa shape index (κ3) is 18.8. The maximum absolute atomic E-state index is 12.0. The Morgan fingerprint density at radius 1 is 0.732 bits per heavy atom. The van der Waals surface area contributed by atoms with Crippen LogP contribution in [0.15, 0.2) is 0 Å². The Morgan fingerprint density at radius 3 is 1.73 bits per heavy atom. The summed E-state index contributed by atoms with van der Waals surface area (Å²) in [5.41, 5.74) is 0. The van der Waals surface area contributed by atoms with Gasteiger partial charge >= 0.3 is 6.03 Å². The molecule has 2 aliphatic heterocycles. The van der Waals surface area contributed by atoms with E-state index < -0.39 is 0 Å². The van der Waals surface area contributed by atoms with Gasteiger partial charge in [-0.15, -0.1) is 0 Å². The number of thioether (sulfide) groups is 1. The molecule has 0 unspecified atom stereocenters. The number of hydrogen-bond acceptors (Lipinski definition) is 12. The highest BCUT2D eigenvalue weighted by atomic mass is 32.2. The maximum Gasteiger partial charge on any atom is 0.315 e. The number of carbonyl (C=O) groups is 2. The monoisotopic (exact) mass is 610 g/mol. The summed E-state index contributed by atoms with van der Waals surface area (Å²) in [5.74, 6) is 5.90. The van der Waals surface area contributed by atoms with Crippen molar-refractivity contribution in [3.05, 3.63) is 0 Å². The van der Waals surface area contributed by atoms with E-state index in [1.54, 1.807) is 0 Å². The number of hydrogen-bond donors (Lipinski definition) is 4. The van der Waals surface area contributed by atoms with Gasteiger partial charge in [-0.05, 0) is 12.8 Å². The van der Waals surface area contributed by atoms with Gasteiger partial charge in [0.15, 0.2) is 0 Å². The van der Waals surface area contributed by atoms with E-state index in [0.717, 1.165) is 25.0 Å². The molecule has 0 aromatic carbocycles. The molecule has 240 valence electrons. The van der Waals surface area contributed by atoms with E-state index >= 15 is 0 Å². The van der Waals surface area contributed by atoms with Gasteiger partial charge in [-0.1, -0.05) is 6.42 Å². The van der Waals surface area contributed by atoms with Crippen LogP contribution in [0.4, 0.5) is 4.79 Å². The van der Waals surface area contributed by atoms with E-state index in [4.69, 9.17) is 39.1 Å². The first-order valence-electron chi connectivity index (χ1n) is 14.5. The van der Waals surface area contributed by atoms with Crippen LogP contribution in [0.2, 0.25) is 0 Å². The summed E-state index contributed by atoms with van der Waals surface area (Å²) in [6.45, 7) is 7.68. The van der Waals surface area contributed by atoms with Crippen molar-refractivity contribution in [3.8, 4) is 0 Å². The second kappa shape index (κ2) is 25.2. The van der Waals surface area contributed by atoms with E-state index in [-0.39, 0.29) is 24.0 Å². The zero-order valence-corrected chi connectivity index (χ0v) is 25.0. The molecule has 0 saturated carbocycles. The molecule has 2 saturated heterocycles. The Labute approximate surface area is 247 Å². The lowest BCUT2D eigenvalue weighted by atomic mass is 10.0. The first-order valence-corrected chi connectivity index (χ1v) is 15.6. The van der Waals surface area contributed by atoms with Crippen molar-refractivity contribution in [2.45, 2.75) is 43.0 Å². The van der Waals surface area contributed by atoms with Crippen LogP contribution in [0.25, 0.3) is 0 Å². The third-order valence-electron chi connectivity index (χ3n) is 6.23. The standard InChI is InChI=1S/C26H50N4O10S/c27-40-20-19-39-18-17-38-16-15-37-14-13-36-12-11-35-10-9-34-8-7-33-6-5-28-24(31)4-2-1-3-23-25-22(21-41-23)29-26(32)30-25/h22-23,25H,1-21,27H2,(H,28,31)(H2,29,30,32)/t22-,23-,25-/m0/s1. The van der Waals surface area contributed by atoms with Crippen molar-refractivity contribution < 1.29 is 47.6 Å². The lowest BCUT2D eigenvalue weighted by Gasteiger charge is -2.16. The van der Waals surface area contributed by atoms with Crippen LogP contribution in [-0.2, 0) is 42.8 Å². The highest BCUT2D eigenvalue weighted by Crippen LogP contribution is 2.33. The first kappa shape index (κ1) is 35.9. The number of ether oxygens (including phenoxy) is 7. The summed E-state index contributed by atoms with van der Waals surface area (Å²) in [5, 5.41) is 9.27. The average molecular weight is 611 g/mol. The summed E-state index contributed by atoms with van der Waals surface area (Å²) in [7, 11) is 0. The minimum absolute atomic E-state index is 0.0458. The summed E-state index contributed by atoms with van der Waals surface area (Å²) in [6.07, 6.45) is 3.35. The SMILES string of the molecule is NOCCOCCOCCOCCOCCOCCOCCOCCNC(=O)CCCC[C@@H]1SC[C@@H]2NC(=O)N[C@@H]21. The number of fused-ring (bicyclic) bond motifs is 1. The molecule has 0 aromatic heterocycles. The molecule has 2 aliphatic rings. The molecule has 3 atom stereocenters. The molecule has 5 N–H and O–H groups in total. The van der Waals surface area contributed by atoms with Crippen molar-refractivity contribution in [2.75, 3.05) is 111 Å². The van der Waals surface area contributed by atoms with Crippen molar-refractivity contribution in [2.24, 2.45) is 5.90 Å². The largest absolute Gasteiger partial charge is 0.377 e. The lowest BCUT2D eigenvalue weighted by molar-refractivity contribution is -0.121. The van der Waals surface area contributed by atoms with Gasteiger partial charge in [-0.3, -0.25) is 4.79 Å². The van der Waals surface area contributed by atoms with Crippen LogP contribution < -0.4 is 21.8 Å². The molecule has 0 spiro atoms. The van der Waals surface area contributed by atoms with Crippen LogP contribution >= 0.6 is 11.8 Å². The molecule has 0 aliphatic carbocycles. The summed E-state index contributed by atoms with van der Waals surface area (Å²) in [6, 6.07) is 0.418. The van der Waals surface area contributed by atoms with Gasteiger partial charge in [-0.25, -0.2) is 10.7 Å². The number of nitrogens with two attached hydrogens (primary N) is 1. The summed E-state index contributed by atoms with van der Waals surface area (Å²) >= 11 is 1.90. The molecule has 3 amide bonds. The fourth-order valence-electron chi connectivity index (χ4n) is 4.15. The normalized spacial score (nSPS) is 19.7. The van der Waals surface area contributed by atoms with Crippen LogP contribution in [0.5, 0.6) is 0 Å². The third-order valence-corrected chi connectivity index (χ3v) is 7.74. The van der Waals surface area contributed by atoms with E-state index in [1.165, 1.54) is 0 Å². The maximum atomic E-state index is 12.0. The molecule has 0 bridgehead atoms. The Morgan fingerprint density at radius 2 is 1.22 bits per heavy atom. The van der Waals surface area contributed by atoms with Crippen molar-refractivity contribution >= 4 is 23.7 Å². The number of unbranched alkanes of at least 4 members (excludes halogenated alkanes) is 1. The Balaban J connectivity index is 1.20. The molecule has 0 radical (unpaired) electrons. The van der Waals surface area contributed by atoms with E-state index in [2.05, 4.69) is 20.8 Å². The molecular weight excluding hydrogens is 560 g/mol. The topological polar surface area (TPSA) is 170 Å². The Bertz CT molecular complexity index is 670. The average Bonchev–Trinajstić information content (AvgIpc) is 3.52. The number of carbonyl (C=O) groups excluding carboxylic acids is 2. The van der Waals surface area contributed by atoms with Gasteiger partial charge in [0, 0.05) is 24.0 Å². The molecule has 2 rings (SSSR count). The molecule has 14 nitrogen and oxygen atoms in total. The zero-order valence-electron chi connectivity index (χ0n) is 24.1. The number of rotatable bonds is 29. The minimum atomic E-state index is -0.0588. The second-order valence-corrected chi connectivity index (χ2v) is 10.6. The van der Waals surface area contributed by atoms with Gasteiger partial charge in [-0.2, -0.15) is 11.8 Å².